The number of halogens is 1. The van der Waals surface area contributed by atoms with Gasteiger partial charge < -0.3 is 5.73 Å². The lowest BCUT2D eigenvalue weighted by Crippen LogP contribution is -2.12. The second-order valence-electron chi connectivity index (χ2n) is 4.13. The number of nitrogens with two attached hydrogens (primary N) is 1. The van der Waals surface area contributed by atoms with E-state index >= 15 is 0 Å². The van der Waals surface area contributed by atoms with Crippen LogP contribution in [-0.2, 0) is 0 Å². The first-order valence-electron chi connectivity index (χ1n) is 5.61. The average Bonchev–Trinajstić information content (AvgIpc) is 3.12. The van der Waals surface area contributed by atoms with Crippen LogP contribution in [0.4, 0.5) is 0 Å². The summed E-state index contributed by atoms with van der Waals surface area (Å²) in [6.07, 6.45) is 3.75. The molecule has 2 heterocycles. The molecule has 98 valence electrons. The highest BCUT2D eigenvalue weighted by Gasteiger charge is 2.28. The van der Waals surface area contributed by atoms with E-state index in [-0.39, 0.29) is 5.84 Å². The number of rotatable bonds is 4. The molecule has 3 rings (SSSR count). The molecule has 1 fully saturated rings. The largest absolute Gasteiger partial charge is 0.384 e. The molecule has 0 spiro atoms. The molecule has 9 heteroatoms. The Morgan fingerprint density at radius 2 is 2.32 bits per heavy atom. The Morgan fingerprint density at radius 3 is 3.00 bits per heavy atom. The highest BCUT2D eigenvalue weighted by Crippen LogP contribution is 2.39. The van der Waals surface area contributed by atoms with E-state index in [1.807, 2.05) is 0 Å². The molecule has 0 saturated heterocycles. The fourth-order valence-corrected chi connectivity index (χ4v) is 2.76. The molecule has 0 unspecified atom stereocenters. The summed E-state index contributed by atoms with van der Waals surface area (Å²) >= 11 is 7.47. The van der Waals surface area contributed by atoms with Crippen molar-refractivity contribution in [3.63, 3.8) is 0 Å². The summed E-state index contributed by atoms with van der Waals surface area (Å²) in [5.74, 6) is -0.0870. The number of pyridine rings is 1. The molecule has 0 amide bonds. The van der Waals surface area contributed by atoms with Gasteiger partial charge in [-0.1, -0.05) is 11.6 Å². The van der Waals surface area contributed by atoms with E-state index in [1.54, 1.807) is 16.9 Å². The number of nitrogens with zero attached hydrogens (tertiary/aromatic N) is 5. The number of tetrazole rings is 1. The van der Waals surface area contributed by atoms with Crippen LogP contribution in [0.2, 0.25) is 5.02 Å². The monoisotopic (exact) mass is 295 g/mol. The molecule has 0 aliphatic heterocycles. The minimum absolute atomic E-state index is 0.0870. The molecular weight excluding hydrogens is 286 g/mol. The zero-order valence-electron chi connectivity index (χ0n) is 9.75. The van der Waals surface area contributed by atoms with Crippen LogP contribution in [-0.4, -0.2) is 31.0 Å². The number of aromatic nitrogens is 5. The molecule has 0 atom stereocenters. The summed E-state index contributed by atoms with van der Waals surface area (Å²) in [5, 5.41) is 20.6. The fraction of sp³-hybridized carbons (Fsp3) is 0.300. The Bertz CT molecular complexity index is 637. The third-order valence-electron chi connectivity index (χ3n) is 2.69. The SMILES string of the molecule is N=C(N)c1ccnc(Sc2nnnn2C2CC2)c1Cl. The van der Waals surface area contributed by atoms with Crippen LogP contribution in [0.3, 0.4) is 0 Å². The van der Waals surface area contributed by atoms with Gasteiger partial charge in [0.15, 0.2) is 0 Å². The Morgan fingerprint density at radius 1 is 1.53 bits per heavy atom. The predicted molar refractivity (Wildman–Crippen MR) is 70.5 cm³/mol. The fourth-order valence-electron chi connectivity index (χ4n) is 1.59. The van der Waals surface area contributed by atoms with Gasteiger partial charge in [0.25, 0.3) is 0 Å². The van der Waals surface area contributed by atoms with Crippen molar-refractivity contribution >= 4 is 29.2 Å². The summed E-state index contributed by atoms with van der Waals surface area (Å²) in [6.45, 7) is 0. The average molecular weight is 296 g/mol. The normalized spacial score (nSPS) is 14.6. The van der Waals surface area contributed by atoms with Gasteiger partial charge in [-0.15, -0.1) is 5.10 Å². The van der Waals surface area contributed by atoms with E-state index < -0.39 is 0 Å². The quantitative estimate of drug-likeness (QED) is 0.654. The van der Waals surface area contributed by atoms with Gasteiger partial charge in [0.05, 0.1) is 11.1 Å². The minimum atomic E-state index is -0.0870. The molecule has 2 aromatic heterocycles. The summed E-state index contributed by atoms with van der Waals surface area (Å²) in [5.41, 5.74) is 5.92. The predicted octanol–water partition coefficient (Wildman–Crippen LogP) is 1.49. The number of nitrogens with one attached hydrogen (secondary N) is 1. The van der Waals surface area contributed by atoms with Crippen molar-refractivity contribution in [1.82, 2.24) is 25.2 Å². The van der Waals surface area contributed by atoms with Crippen LogP contribution in [0.25, 0.3) is 0 Å². The van der Waals surface area contributed by atoms with Gasteiger partial charge >= 0.3 is 0 Å². The molecule has 1 aliphatic carbocycles. The lowest BCUT2D eigenvalue weighted by molar-refractivity contribution is 0.565. The van der Waals surface area contributed by atoms with Gasteiger partial charge in [-0.25, -0.2) is 9.67 Å². The third-order valence-corrected chi connectivity index (χ3v) is 4.14. The molecule has 0 bridgehead atoms. The van der Waals surface area contributed by atoms with Gasteiger partial charge in [-0.3, -0.25) is 5.41 Å². The van der Waals surface area contributed by atoms with Crippen molar-refractivity contribution in [2.45, 2.75) is 29.1 Å². The number of nitrogen functional groups attached to an aromatic ring is 1. The maximum absolute atomic E-state index is 7.45. The standard InChI is InChI=1S/C10H10ClN7S/c11-7-6(8(12)13)3-4-14-9(7)19-10-15-16-17-18(10)5-1-2-5/h3-5H,1-2H2,(H3,12,13). The molecule has 19 heavy (non-hydrogen) atoms. The highest BCUT2D eigenvalue weighted by atomic mass is 35.5. The number of hydrogen-bond donors (Lipinski definition) is 2. The van der Waals surface area contributed by atoms with Crippen LogP contribution < -0.4 is 5.73 Å². The molecule has 1 aliphatic rings. The van der Waals surface area contributed by atoms with Gasteiger partial charge in [0.2, 0.25) is 5.16 Å². The van der Waals surface area contributed by atoms with Crippen molar-refractivity contribution < 1.29 is 0 Å². The minimum Gasteiger partial charge on any atom is -0.384 e. The maximum Gasteiger partial charge on any atom is 0.215 e. The van der Waals surface area contributed by atoms with Crippen molar-refractivity contribution in [3.8, 4) is 0 Å². The van der Waals surface area contributed by atoms with Crippen LogP contribution >= 0.6 is 23.4 Å². The van der Waals surface area contributed by atoms with Crippen molar-refractivity contribution in [3.05, 3.63) is 22.8 Å². The lowest BCUT2D eigenvalue weighted by Gasteiger charge is -2.06. The van der Waals surface area contributed by atoms with Crippen molar-refractivity contribution in [2.75, 3.05) is 0 Å². The molecule has 1 saturated carbocycles. The van der Waals surface area contributed by atoms with Crippen LogP contribution in [0, 0.1) is 5.41 Å². The first-order valence-corrected chi connectivity index (χ1v) is 6.81. The second kappa shape index (κ2) is 4.78. The molecule has 3 N–H and O–H groups in total. The molecule has 2 aromatic rings. The first kappa shape index (κ1) is 12.4. The van der Waals surface area contributed by atoms with E-state index in [4.69, 9.17) is 22.7 Å². The van der Waals surface area contributed by atoms with Gasteiger partial charge in [-0.2, -0.15) is 0 Å². The van der Waals surface area contributed by atoms with E-state index in [0.717, 1.165) is 12.8 Å². The molecule has 0 aromatic carbocycles. The summed E-state index contributed by atoms with van der Waals surface area (Å²) < 4.78 is 1.78. The third kappa shape index (κ3) is 2.41. The Balaban J connectivity index is 1.92. The van der Waals surface area contributed by atoms with Crippen molar-refractivity contribution in [2.24, 2.45) is 5.73 Å². The molecular formula is C10H10ClN7S. The lowest BCUT2D eigenvalue weighted by atomic mass is 10.2. The number of amidine groups is 1. The Labute approximate surface area is 118 Å². The zero-order valence-corrected chi connectivity index (χ0v) is 11.3. The summed E-state index contributed by atoms with van der Waals surface area (Å²) in [7, 11) is 0. The summed E-state index contributed by atoms with van der Waals surface area (Å²) in [4.78, 5) is 4.19. The van der Waals surface area contributed by atoms with Gasteiger partial charge in [0, 0.05) is 11.8 Å². The zero-order chi connectivity index (χ0) is 13.4. The van der Waals surface area contributed by atoms with Crippen LogP contribution in [0.1, 0.15) is 24.4 Å². The van der Waals surface area contributed by atoms with Gasteiger partial charge in [0.1, 0.15) is 10.9 Å². The van der Waals surface area contributed by atoms with E-state index in [2.05, 4.69) is 20.5 Å². The smallest absolute Gasteiger partial charge is 0.215 e. The molecule has 0 radical (unpaired) electrons. The van der Waals surface area contributed by atoms with Gasteiger partial charge in [-0.05, 0) is 41.1 Å². The van der Waals surface area contributed by atoms with Crippen LogP contribution in [0.5, 0.6) is 0 Å². The number of hydrogen-bond acceptors (Lipinski definition) is 6. The van der Waals surface area contributed by atoms with E-state index in [0.29, 0.717) is 26.8 Å². The first-order chi connectivity index (χ1) is 9.16. The topological polar surface area (TPSA) is 106 Å². The van der Waals surface area contributed by atoms with Crippen LogP contribution in [0.15, 0.2) is 22.4 Å². The summed E-state index contributed by atoms with van der Waals surface area (Å²) in [6, 6.07) is 1.99. The highest BCUT2D eigenvalue weighted by molar-refractivity contribution is 7.99. The second-order valence-corrected chi connectivity index (χ2v) is 5.46. The van der Waals surface area contributed by atoms with Crippen molar-refractivity contribution in [1.29, 1.82) is 5.41 Å². The Hall–Kier alpha value is -1.67. The maximum atomic E-state index is 7.45. The van der Waals surface area contributed by atoms with E-state index in [9.17, 15) is 0 Å². The molecule has 7 nitrogen and oxygen atoms in total. The Kier molecular flexibility index (Phi) is 3.11. The van der Waals surface area contributed by atoms with E-state index in [1.165, 1.54) is 11.8 Å².